The van der Waals surface area contributed by atoms with Crippen molar-refractivity contribution in [3.05, 3.63) is 4.91 Å². The Morgan fingerprint density at radius 1 is 0.870 bits per heavy atom. The van der Waals surface area contributed by atoms with Gasteiger partial charge >= 0.3 is 31.1 Å². The van der Waals surface area contributed by atoms with E-state index in [1.165, 1.54) is 6.92 Å². The molecule has 1 unspecified atom stereocenters. The van der Waals surface area contributed by atoms with Crippen LogP contribution in [-0.4, -0.2) is 37.2 Å². The van der Waals surface area contributed by atoms with Crippen molar-refractivity contribution >= 4 is 20.0 Å². The predicted molar refractivity (Wildman–Crippen MR) is 65.5 cm³/mol. The maximum Gasteiger partial charge on any atom is 0.512 e. The summed E-state index contributed by atoms with van der Waals surface area (Å²) in [5, 5.41) is 2.01. The number of halogens is 6. The van der Waals surface area contributed by atoms with E-state index in [0.717, 1.165) is 6.92 Å². The zero-order chi connectivity index (χ0) is 18.9. The van der Waals surface area contributed by atoms with E-state index in [0.29, 0.717) is 0 Å². The molecule has 0 aliphatic carbocycles. The van der Waals surface area contributed by atoms with E-state index in [9.17, 15) is 48.1 Å². The number of hydrogen-bond donors (Lipinski definition) is 0. The Bertz CT molecular complexity index is 597. The fraction of sp³-hybridized carbons (Fsp3) is 1.00. The lowest BCUT2D eigenvalue weighted by atomic mass is 10.0. The molecule has 0 aliphatic rings. The van der Waals surface area contributed by atoms with Crippen LogP contribution in [0.1, 0.15) is 33.1 Å². The minimum absolute atomic E-state index is 0.309. The monoisotopic (exact) mass is 394 g/mol. The molecule has 0 bridgehead atoms. The summed E-state index contributed by atoms with van der Waals surface area (Å²) in [7, 11) is -14.1. The summed E-state index contributed by atoms with van der Waals surface area (Å²) < 4.78 is 120. The zero-order valence-corrected chi connectivity index (χ0v) is 13.3. The summed E-state index contributed by atoms with van der Waals surface area (Å²) in [5.74, 6) is 0. The van der Waals surface area contributed by atoms with Crippen LogP contribution >= 0.6 is 0 Å². The van der Waals surface area contributed by atoms with Gasteiger partial charge in [0.05, 0.1) is 0 Å². The van der Waals surface area contributed by atoms with Crippen LogP contribution in [0.3, 0.4) is 0 Å². The summed E-state index contributed by atoms with van der Waals surface area (Å²) in [5.41, 5.74) is -16.0. The molecule has 0 saturated carbocycles. The van der Waals surface area contributed by atoms with Gasteiger partial charge in [0, 0.05) is 0 Å². The second-order valence-corrected chi connectivity index (χ2v) is 8.06. The third kappa shape index (κ3) is 3.76. The van der Waals surface area contributed by atoms with Crippen LogP contribution in [0.25, 0.3) is 0 Å². The third-order valence-corrected chi connectivity index (χ3v) is 6.65. The first kappa shape index (κ1) is 22.0. The van der Waals surface area contributed by atoms with E-state index in [-0.39, 0.29) is 6.42 Å². The molecule has 0 aromatic rings. The Labute approximate surface area is 127 Å². The van der Waals surface area contributed by atoms with E-state index >= 15 is 0 Å². The van der Waals surface area contributed by atoms with Crippen LogP contribution in [0.4, 0.5) is 26.3 Å². The molecule has 0 aliphatic heterocycles. The van der Waals surface area contributed by atoms with Gasteiger partial charge in [-0.05, 0) is 21.7 Å². The van der Waals surface area contributed by atoms with E-state index in [4.69, 9.17) is 0 Å². The Morgan fingerprint density at radius 3 is 1.39 bits per heavy atom. The van der Waals surface area contributed by atoms with E-state index in [1.54, 1.807) is 0 Å². The van der Waals surface area contributed by atoms with Gasteiger partial charge in [-0.1, -0.05) is 20.3 Å². The van der Waals surface area contributed by atoms with Gasteiger partial charge in [-0.25, -0.2) is 16.8 Å². The Morgan fingerprint density at radius 2 is 1.22 bits per heavy atom. The van der Waals surface area contributed by atoms with E-state index in [2.05, 4.69) is 0 Å². The topological polar surface area (TPSA) is 101 Å². The highest BCUT2D eigenvalue weighted by molar-refractivity contribution is 8.04. The van der Waals surface area contributed by atoms with Gasteiger partial charge in [0.15, 0.2) is 5.66 Å². The van der Waals surface area contributed by atoms with Crippen LogP contribution in [0.5, 0.6) is 0 Å². The van der Waals surface area contributed by atoms with Gasteiger partial charge in [0.1, 0.15) is 0 Å². The normalized spacial score (nSPS) is 17.1. The van der Waals surface area contributed by atoms with E-state index < -0.39 is 53.3 Å². The maximum atomic E-state index is 12.6. The summed E-state index contributed by atoms with van der Waals surface area (Å²) >= 11 is 0. The number of alkyl halides is 6. The van der Waals surface area contributed by atoms with Crippen molar-refractivity contribution in [3.63, 3.8) is 0 Å². The Balaban J connectivity index is 6.90. The predicted octanol–water partition coefficient (Wildman–Crippen LogP) is 2.66. The molecule has 0 aromatic heterocycles. The summed E-state index contributed by atoms with van der Waals surface area (Å²) in [6, 6.07) is 0. The van der Waals surface area contributed by atoms with Gasteiger partial charge in [0.25, 0.3) is 0 Å². The summed E-state index contributed by atoms with van der Waals surface area (Å²) in [6.07, 6.45) is -2.29. The minimum Gasteiger partial charge on any atom is -0.201 e. The van der Waals surface area contributed by atoms with Crippen LogP contribution < -0.4 is 0 Å². The molecule has 0 rings (SSSR count). The summed E-state index contributed by atoms with van der Waals surface area (Å²) in [4.78, 5) is 10.9. The number of nitrogens with zero attached hydrogens (tertiary/aromatic N) is 2. The van der Waals surface area contributed by atoms with Crippen LogP contribution in [0.2, 0.25) is 0 Å². The van der Waals surface area contributed by atoms with Crippen LogP contribution in [-0.2, 0) is 20.0 Å². The SMILES string of the molecule is CCCC(CC)(N=O)N(S(=O)(=O)C(F)(F)F)S(=O)(=O)C(F)(F)F. The Hall–Kier alpha value is -0.960. The highest BCUT2D eigenvalue weighted by atomic mass is 32.3. The smallest absolute Gasteiger partial charge is 0.201 e. The lowest BCUT2D eigenvalue weighted by Crippen LogP contribution is -2.59. The van der Waals surface area contributed by atoms with Crippen molar-refractivity contribution in [3.8, 4) is 0 Å². The average molecular weight is 394 g/mol. The molecule has 0 amide bonds. The lowest BCUT2D eigenvalue weighted by molar-refractivity contribution is -0.0574. The van der Waals surface area contributed by atoms with Crippen molar-refractivity contribution in [1.29, 1.82) is 0 Å². The molecule has 15 heteroatoms. The maximum absolute atomic E-state index is 12.6. The van der Waals surface area contributed by atoms with E-state index in [1.807, 2.05) is 5.18 Å². The van der Waals surface area contributed by atoms with Crippen molar-refractivity contribution in [2.24, 2.45) is 5.18 Å². The largest absolute Gasteiger partial charge is 0.512 e. The molecule has 0 spiro atoms. The standard InChI is InChI=1S/C8H12F6N2O5S2/c1-3-5-6(4-2,15-17)16(22(18,19)7(9,10)11)23(20,21)8(12,13)14/h3-5H2,1-2H3. The molecule has 138 valence electrons. The molecule has 0 aromatic carbocycles. The fourth-order valence-corrected chi connectivity index (χ4v) is 5.02. The molecule has 23 heavy (non-hydrogen) atoms. The number of sulfonamides is 2. The second kappa shape index (κ2) is 6.51. The first-order valence-corrected chi connectivity index (χ1v) is 8.71. The number of rotatable bonds is 7. The first-order valence-electron chi connectivity index (χ1n) is 5.83. The first-order chi connectivity index (χ1) is 10.0. The highest BCUT2D eigenvalue weighted by Crippen LogP contribution is 2.43. The molecular formula is C8H12F6N2O5S2. The highest BCUT2D eigenvalue weighted by Gasteiger charge is 2.67. The van der Waals surface area contributed by atoms with Gasteiger partial charge in [-0.15, -0.1) is 4.91 Å². The quantitative estimate of drug-likeness (QED) is 0.488. The van der Waals surface area contributed by atoms with Gasteiger partial charge in [0.2, 0.25) is 0 Å². The molecule has 0 N–H and O–H groups in total. The lowest BCUT2D eigenvalue weighted by Gasteiger charge is -2.35. The molecule has 0 heterocycles. The Kier molecular flexibility index (Phi) is 6.23. The average Bonchev–Trinajstić information content (AvgIpc) is 2.34. The van der Waals surface area contributed by atoms with Crippen molar-refractivity contribution in [2.75, 3.05) is 0 Å². The summed E-state index contributed by atoms with van der Waals surface area (Å²) in [6.45, 7) is 2.02. The molecular weight excluding hydrogens is 382 g/mol. The molecule has 0 saturated heterocycles. The third-order valence-electron chi connectivity index (χ3n) is 2.75. The number of hydrogen-bond acceptors (Lipinski definition) is 6. The van der Waals surface area contributed by atoms with Crippen LogP contribution in [0.15, 0.2) is 5.18 Å². The van der Waals surface area contributed by atoms with Crippen molar-refractivity contribution in [1.82, 2.24) is 3.71 Å². The number of nitroso groups, excluding NO2 is 1. The molecule has 0 radical (unpaired) electrons. The van der Waals surface area contributed by atoms with Gasteiger partial charge in [-0.3, -0.25) is 0 Å². The minimum atomic E-state index is -7.05. The second-order valence-electron chi connectivity index (χ2n) is 4.28. The molecule has 1 atom stereocenters. The van der Waals surface area contributed by atoms with Gasteiger partial charge in [-0.2, -0.15) is 26.3 Å². The zero-order valence-electron chi connectivity index (χ0n) is 11.6. The van der Waals surface area contributed by atoms with Crippen molar-refractivity contribution < 1.29 is 43.2 Å². The van der Waals surface area contributed by atoms with Gasteiger partial charge < -0.3 is 0 Å². The van der Waals surface area contributed by atoms with Crippen molar-refractivity contribution in [2.45, 2.75) is 49.8 Å². The van der Waals surface area contributed by atoms with Crippen LogP contribution in [0, 0.1) is 4.91 Å². The molecule has 7 nitrogen and oxygen atoms in total. The molecule has 0 fully saturated rings. The fourth-order valence-electron chi connectivity index (χ4n) is 1.71.